The molecule has 2 fully saturated rings. The molecule has 4 heterocycles. The number of hydrogen-bond donors (Lipinski definition) is 0. The summed E-state index contributed by atoms with van der Waals surface area (Å²) in [5, 5.41) is 0. The monoisotopic (exact) mass is 551 g/mol. The average Bonchev–Trinajstić information content (AvgIpc) is 3.77. The lowest BCUT2D eigenvalue weighted by molar-refractivity contribution is 0.112. The third kappa shape index (κ3) is 4.27. The van der Waals surface area contributed by atoms with E-state index in [4.69, 9.17) is 0 Å². The third-order valence-electron chi connectivity index (χ3n) is 8.44. The van der Waals surface area contributed by atoms with Crippen LogP contribution in [0, 0.1) is 17.8 Å². The van der Waals surface area contributed by atoms with Crippen LogP contribution in [0.4, 0.5) is 5.69 Å². The number of aldehydes is 1. The van der Waals surface area contributed by atoms with Crippen LogP contribution in [0.2, 0.25) is 0 Å². The maximum Gasteiger partial charge on any atom is 0.160 e. The van der Waals surface area contributed by atoms with Crippen LogP contribution in [0.3, 0.4) is 0 Å². The van der Waals surface area contributed by atoms with Gasteiger partial charge in [-0.05, 0) is 90.8 Å². The zero-order valence-corrected chi connectivity index (χ0v) is 23.5. The van der Waals surface area contributed by atoms with Gasteiger partial charge in [0.2, 0.25) is 0 Å². The predicted molar refractivity (Wildman–Crippen MR) is 165 cm³/mol. The summed E-state index contributed by atoms with van der Waals surface area (Å²) in [4.78, 5) is 20.7. The lowest BCUT2D eigenvalue weighted by atomic mass is 9.79. The van der Waals surface area contributed by atoms with Crippen molar-refractivity contribution in [2.75, 3.05) is 11.4 Å². The largest absolute Gasteiger partial charge is 0.364 e. The van der Waals surface area contributed by atoms with E-state index < -0.39 is 0 Å². The number of fused-ring (bicyclic) bond motifs is 5. The van der Waals surface area contributed by atoms with E-state index in [0.29, 0.717) is 12.0 Å². The van der Waals surface area contributed by atoms with Gasteiger partial charge in [0, 0.05) is 48.6 Å². The number of rotatable bonds is 5. The molecule has 1 aliphatic heterocycles. The highest BCUT2D eigenvalue weighted by Gasteiger charge is 2.50. The molecule has 0 saturated heterocycles. The summed E-state index contributed by atoms with van der Waals surface area (Å²) < 4.78 is 0. The zero-order valence-electron chi connectivity index (χ0n) is 21.1. The fourth-order valence-electron chi connectivity index (χ4n) is 6.77. The minimum atomic E-state index is 0.548. The Hall–Kier alpha value is -2.99. The molecule has 2 aliphatic carbocycles. The number of carbonyl (C=O) groups excluding carboxylic acids is 1. The zero-order chi connectivity index (χ0) is 25.6. The highest BCUT2D eigenvalue weighted by Crippen LogP contribution is 2.54. The van der Waals surface area contributed by atoms with Gasteiger partial charge in [0.1, 0.15) is 0 Å². The van der Waals surface area contributed by atoms with E-state index in [2.05, 4.69) is 84.3 Å². The number of thiophene rings is 3. The Morgan fingerprint density at radius 3 is 2.16 bits per heavy atom. The molecule has 3 aliphatic rings. The Kier molecular flexibility index (Phi) is 6.31. The molecule has 3 aromatic heterocycles. The average molecular weight is 552 g/mol. The van der Waals surface area contributed by atoms with Crippen LogP contribution in [0.15, 0.2) is 97.1 Å². The Morgan fingerprint density at radius 2 is 1.42 bits per heavy atom. The normalized spacial score (nSPS) is 26.0. The van der Waals surface area contributed by atoms with Gasteiger partial charge in [0.05, 0.1) is 4.88 Å². The maximum absolute atomic E-state index is 11.1. The molecule has 38 heavy (non-hydrogen) atoms. The predicted octanol–water partition coefficient (Wildman–Crippen LogP) is 9.59. The lowest BCUT2D eigenvalue weighted by Crippen LogP contribution is -2.45. The van der Waals surface area contributed by atoms with Crippen LogP contribution in [-0.4, -0.2) is 18.9 Å². The number of nitrogens with zero attached hydrogens (tertiary/aromatic N) is 1. The van der Waals surface area contributed by atoms with E-state index in [-0.39, 0.29) is 0 Å². The molecule has 4 atom stereocenters. The van der Waals surface area contributed by atoms with Crippen molar-refractivity contribution in [3.63, 3.8) is 0 Å². The van der Waals surface area contributed by atoms with E-state index in [0.717, 1.165) is 34.4 Å². The summed E-state index contributed by atoms with van der Waals surface area (Å²) in [5.41, 5.74) is 3.90. The Balaban J connectivity index is 1.13. The van der Waals surface area contributed by atoms with Crippen molar-refractivity contribution < 1.29 is 4.79 Å². The first-order valence-electron chi connectivity index (χ1n) is 13.3. The van der Waals surface area contributed by atoms with Gasteiger partial charge in [-0.15, -0.1) is 34.0 Å². The maximum atomic E-state index is 11.1. The molecule has 2 bridgehead atoms. The molecule has 2 saturated carbocycles. The summed E-state index contributed by atoms with van der Waals surface area (Å²) in [6, 6.07) is 22.6. The van der Waals surface area contributed by atoms with E-state index in [9.17, 15) is 4.79 Å². The highest BCUT2D eigenvalue weighted by molar-refractivity contribution is 7.27. The Labute approximate surface area is 236 Å². The van der Waals surface area contributed by atoms with Gasteiger partial charge in [0.25, 0.3) is 0 Å². The first-order chi connectivity index (χ1) is 18.7. The van der Waals surface area contributed by atoms with Crippen molar-refractivity contribution in [3.8, 4) is 29.9 Å². The van der Waals surface area contributed by atoms with Crippen LogP contribution < -0.4 is 4.90 Å². The van der Waals surface area contributed by atoms with Crippen molar-refractivity contribution >= 4 is 46.0 Å². The highest BCUT2D eigenvalue weighted by atomic mass is 32.1. The van der Waals surface area contributed by atoms with Crippen molar-refractivity contribution in [2.24, 2.45) is 17.8 Å². The molecule has 0 radical (unpaired) electrons. The minimum Gasteiger partial charge on any atom is -0.364 e. The van der Waals surface area contributed by atoms with E-state index >= 15 is 0 Å². The van der Waals surface area contributed by atoms with E-state index in [1.54, 1.807) is 22.7 Å². The third-order valence-corrected chi connectivity index (χ3v) is 12.1. The molecule has 4 unspecified atom stereocenters. The molecule has 2 nitrogen and oxygen atoms in total. The van der Waals surface area contributed by atoms with E-state index in [1.807, 2.05) is 23.5 Å². The number of carbonyl (C=O) groups is 1. The Morgan fingerprint density at radius 1 is 0.763 bits per heavy atom. The van der Waals surface area contributed by atoms with Gasteiger partial charge in [-0.2, -0.15) is 0 Å². The van der Waals surface area contributed by atoms with Gasteiger partial charge < -0.3 is 4.90 Å². The summed E-state index contributed by atoms with van der Waals surface area (Å²) in [6.45, 7) is 5.44. The second-order valence-corrected chi connectivity index (χ2v) is 13.8. The van der Waals surface area contributed by atoms with Crippen LogP contribution in [0.5, 0.6) is 0 Å². The number of allylic oxidation sites excluding steroid dienone is 3. The van der Waals surface area contributed by atoms with Gasteiger partial charge in [-0.25, -0.2) is 0 Å². The fourth-order valence-corrected chi connectivity index (χ4v) is 9.79. The van der Waals surface area contributed by atoms with Gasteiger partial charge in [-0.1, -0.05) is 43.0 Å². The Bertz CT molecular complexity index is 1550. The molecule has 0 spiro atoms. The summed E-state index contributed by atoms with van der Waals surface area (Å²) in [7, 11) is 0. The van der Waals surface area contributed by atoms with Crippen LogP contribution in [-0.2, 0) is 0 Å². The van der Waals surface area contributed by atoms with Gasteiger partial charge in [-0.3, -0.25) is 4.79 Å². The SMILES string of the molecule is C=C1/C=C\C=C/CN(c2ccc(-c3ccc(-c4ccc(-c5ccc(C=O)s5)s4)s3)cc2)C2C3CCC(C3)C12. The number of benzene rings is 1. The van der Waals surface area contributed by atoms with Crippen molar-refractivity contribution in [2.45, 2.75) is 25.3 Å². The lowest BCUT2D eigenvalue weighted by Gasteiger charge is -2.41. The fraction of sp³-hybridized carbons (Fsp3) is 0.242. The summed E-state index contributed by atoms with van der Waals surface area (Å²) in [6.07, 6.45) is 13.9. The van der Waals surface area contributed by atoms with Crippen molar-refractivity contribution in [1.29, 1.82) is 0 Å². The molecule has 5 heteroatoms. The van der Waals surface area contributed by atoms with Crippen LogP contribution in [0.25, 0.3) is 29.9 Å². The first kappa shape index (κ1) is 24.1. The minimum absolute atomic E-state index is 0.548. The molecule has 0 amide bonds. The number of anilines is 1. The second-order valence-electron chi connectivity index (χ2n) is 10.6. The molecule has 190 valence electrons. The van der Waals surface area contributed by atoms with Crippen LogP contribution >= 0.6 is 34.0 Å². The quantitative estimate of drug-likeness (QED) is 0.230. The summed E-state index contributed by atoms with van der Waals surface area (Å²) in [5.74, 6) is 2.13. The molecular weight excluding hydrogens is 523 g/mol. The molecule has 0 N–H and O–H groups in total. The molecule has 7 rings (SSSR count). The topological polar surface area (TPSA) is 20.3 Å². The number of hydrogen-bond acceptors (Lipinski definition) is 5. The first-order valence-corrected chi connectivity index (χ1v) is 15.8. The van der Waals surface area contributed by atoms with Crippen LogP contribution in [0.1, 0.15) is 28.9 Å². The van der Waals surface area contributed by atoms with Gasteiger partial charge in [0.15, 0.2) is 6.29 Å². The smallest absolute Gasteiger partial charge is 0.160 e. The standard InChI is InChI=1S/C33H29NOS3/c1-21-5-3-2-4-18-34(33-24-7-6-23(19-24)32(21)33)25-10-8-22(9-11-25)27-14-15-30(37-27)31-17-16-29(38-31)28-13-12-26(20-35)36-28/h2-5,8-17,20,23-24,32-33H,1,6-7,18-19H2/b4-2-,5-3-. The summed E-state index contributed by atoms with van der Waals surface area (Å²) >= 11 is 5.19. The second kappa shape index (κ2) is 9.96. The van der Waals surface area contributed by atoms with Crippen molar-refractivity contribution in [3.05, 3.63) is 102 Å². The molecule has 1 aromatic carbocycles. The van der Waals surface area contributed by atoms with Gasteiger partial charge >= 0.3 is 0 Å². The van der Waals surface area contributed by atoms with E-state index in [1.165, 1.54) is 55.6 Å². The molecule has 4 aromatic rings. The molecular formula is C33H29NOS3. The van der Waals surface area contributed by atoms with Crippen molar-refractivity contribution in [1.82, 2.24) is 0 Å².